The van der Waals surface area contributed by atoms with Crippen LogP contribution < -0.4 is 64.2 Å². The second-order valence-corrected chi connectivity index (χ2v) is 0.506. The van der Waals surface area contributed by atoms with E-state index in [1.807, 2.05) is 0 Å². The molecule has 0 aliphatic rings. The van der Waals surface area contributed by atoms with Crippen LogP contribution in [0.4, 0.5) is 4.39 Å². The predicted molar refractivity (Wildman–Crippen MR) is 16.0 cm³/mol. The first kappa shape index (κ1) is 22.5. The van der Waals surface area contributed by atoms with Crippen molar-refractivity contribution in [2.45, 2.75) is 0 Å². The normalized spacial score (nSPS) is 4.33. The van der Waals surface area contributed by atoms with Crippen molar-refractivity contribution < 1.29 is 73.4 Å². The molecule has 0 aromatic heterocycles. The molecule has 0 aromatic rings. The summed E-state index contributed by atoms with van der Waals surface area (Å²) in [7, 11) is 0. The molecule has 9 heavy (non-hydrogen) atoms. The van der Waals surface area contributed by atoms with E-state index in [1.165, 1.54) is 0 Å². The average Bonchev–Trinajstić information content (AvgIpc) is 1.73. The van der Waals surface area contributed by atoms with E-state index in [0.717, 1.165) is 0 Å². The molecule has 0 aliphatic carbocycles. The number of halogens is 1. The van der Waals surface area contributed by atoms with Gasteiger partial charge in [0.05, 0.1) is 5.97 Å². The number of nitrogens with zero attached hydrogens (tertiary/aromatic N) is 1. The summed E-state index contributed by atoms with van der Waals surface area (Å²) < 4.78 is 10.5. The van der Waals surface area contributed by atoms with Gasteiger partial charge in [0.1, 0.15) is 6.67 Å². The summed E-state index contributed by atoms with van der Waals surface area (Å²) >= 11 is 0. The number of aliphatic carboxylic acids is 1. The number of carboxylic acid groups (broad SMARTS) is 1. The molecular formula is C3H2FNNa2O2. The van der Waals surface area contributed by atoms with Crippen LogP contribution in [-0.4, -0.2) is 12.6 Å². The van der Waals surface area contributed by atoms with Crippen molar-refractivity contribution in [2.24, 2.45) is 0 Å². The number of hydrogen-bond acceptors (Lipinski definition) is 3. The molecule has 0 rings (SSSR count). The summed E-state index contributed by atoms with van der Waals surface area (Å²) in [6, 6.07) is 0. The Morgan fingerprint density at radius 3 is 1.67 bits per heavy atom. The topological polar surface area (TPSA) is 63.9 Å². The van der Waals surface area contributed by atoms with E-state index in [9.17, 15) is 4.39 Å². The Hall–Kier alpha value is 0.890. The third-order valence-corrected chi connectivity index (χ3v) is 0.109. The van der Waals surface area contributed by atoms with Gasteiger partial charge in [-0.2, -0.15) is 0 Å². The van der Waals surface area contributed by atoms with Crippen molar-refractivity contribution in [3.05, 3.63) is 6.57 Å². The Balaban J connectivity index is -0.0000000286. The van der Waals surface area contributed by atoms with E-state index in [-0.39, 0.29) is 59.1 Å². The molecule has 0 radical (unpaired) electrons. The minimum atomic E-state index is -1.66. The summed E-state index contributed by atoms with van der Waals surface area (Å²) in [5, 5.41) is 15.1. The van der Waals surface area contributed by atoms with Gasteiger partial charge in [-0.25, -0.2) is 4.39 Å². The Bertz CT molecular complexity index is 77.5. The Labute approximate surface area is 96.8 Å². The predicted octanol–water partition coefficient (Wildman–Crippen LogP) is -7.19. The molecule has 0 spiro atoms. The number of carboxylic acids is 1. The van der Waals surface area contributed by atoms with Crippen LogP contribution in [0.2, 0.25) is 0 Å². The zero-order chi connectivity index (χ0) is 6.28. The van der Waals surface area contributed by atoms with Gasteiger partial charge in [0, 0.05) is 0 Å². The standard InChI is InChI=1S/C2H3FO2.CN.2Na/c3-1-2(4)5;1-2;;/h1H2,(H,4,5);;;/q;-1;2*+1/p-1. The van der Waals surface area contributed by atoms with Crippen LogP contribution in [0.5, 0.6) is 0 Å². The number of alkyl halides is 1. The Kier molecular flexibility index (Phi) is 57.9. The van der Waals surface area contributed by atoms with Gasteiger partial charge in [0.25, 0.3) is 0 Å². The molecule has 0 N–H and O–H groups in total. The second kappa shape index (κ2) is 23.1. The maximum absolute atomic E-state index is 10.5. The number of rotatable bonds is 1. The van der Waals surface area contributed by atoms with Crippen molar-refractivity contribution >= 4 is 5.97 Å². The Morgan fingerprint density at radius 2 is 1.67 bits per heavy atom. The van der Waals surface area contributed by atoms with Gasteiger partial charge in [-0.3, -0.25) is 0 Å². The van der Waals surface area contributed by atoms with Crippen LogP contribution in [0.1, 0.15) is 0 Å². The second-order valence-electron chi connectivity index (χ2n) is 0.506. The third kappa shape index (κ3) is 50.5. The van der Waals surface area contributed by atoms with Gasteiger partial charge in [-0.15, -0.1) is 0 Å². The number of carbonyl (C=O) groups excluding carboxylic acids is 1. The van der Waals surface area contributed by atoms with E-state index >= 15 is 0 Å². The molecule has 0 saturated carbocycles. The summed E-state index contributed by atoms with van der Waals surface area (Å²) in [4.78, 5) is 8.88. The van der Waals surface area contributed by atoms with Crippen molar-refractivity contribution in [1.29, 1.82) is 5.26 Å². The smallest absolute Gasteiger partial charge is 0.547 e. The maximum Gasteiger partial charge on any atom is 1.00 e. The van der Waals surface area contributed by atoms with Crippen LogP contribution in [-0.2, 0) is 4.79 Å². The first-order chi connectivity index (χ1) is 3.27. The van der Waals surface area contributed by atoms with Gasteiger partial charge in [-0.05, 0) is 0 Å². The summed E-state index contributed by atoms with van der Waals surface area (Å²) in [6.45, 7) is 3.36. The van der Waals surface area contributed by atoms with E-state index in [2.05, 4.69) is 0 Å². The van der Waals surface area contributed by atoms with E-state index < -0.39 is 12.6 Å². The fraction of sp³-hybridized carbons (Fsp3) is 0.333. The molecular weight excluding hydrogens is 147 g/mol. The van der Waals surface area contributed by atoms with Crippen molar-refractivity contribution in [3.63, 3.8) is 0 Å². The van der Waals surface area contributed by atoms with Crippen LogP contribution >= 0.6 is 0 Å². The van der Waals surface area contributed by atoms with E-state index in [4.69, 9.17) is 21.7 Å². The molecule has 0 atom stereocenters. The molecule has 3 nitrogen and oxygen atoms in total. The number of carbonyl (C=O) groups is 1. The van der Waals surface area contributed by atoms with Gasteiger partial charge in [0.2, 0.25) is 0 Å². The zero-order valence-electron chi connectivity index (χ0n) is 5.35. The first-order valence-corrected chi connectivity index (χ1v) is 1.25. The minimum Gasteiger partial charge on any atom is -0.547 e. The first-order valence-electron chi connectivity index (χ1n) is 1.25. The molecule has 0 saturated heterocycles. The van der Waals surface area contributed by atoms with Crippen molar-refractivity contribution in [3.8, 4) is 0 Å². The van der Waals surface area contributed by atoms with Gasteiger partial charge < -0.3 is 21.7 Å². The van der Waals surface area contributed by atoms with Crippen LogP contribution in [0.25, 0.3) is 0 Å². The monoisotopic (exact) mass is 149 g/mol. The molecule has 40 valence electrons. The molecule has 6 heteroatoms. The summed E-state index contributed by atoms with van der Waals surface area (Å²) in [6.07, 6.45) is 0. The van der Waals surface area contributed by atoms with E-state index in [1.54, 1.807) is 0 Å². The average molecular weight is 149 g/mol. The fourth-order valence-electron chi connectivity index (χ4n) is 0. The van der Waals surface area contributed by atoms with Crippen molar-refractivity contribution in [1.82, 2.24) is 0 Å². The fourth-order valence-corrected chi connectivity index (χ4v) is 0. The largest absolute Gasteiger partial charge is 1.00 e. The quantitative estimate of drug-likeness (QED) is 0.275. The molecule has 0 heterocycles. The van der Waals surface area contributed by atoms with Gasteiger partial charge in [-0.1, -0.05) is 0 Å². The molecule has 0 aromatic carbocycles. The summed E-state index contributed by atoms with van der Waals surface area (Å²) in [5.74, 6) is -1.66. The number of hydrogen-bond donors (Lipinski definition) is 0. The summed E-state index contributed by atoms with van der Waals surface area (Å²) in [5.41, 5.74) is 0. The van der Waals surface area contributed by atoms with Crippen LogP contribution in [0.15, 0.2) is 0 Å². The molecule has 0 aliphatic heterocycles. The van der Waals surface area contributed by atoms with E-state index in [0.29, 0.717) is 0 Å². The Morgan fingerprint density at radius 1 is 1.56 bits per heavy atom. The van der Waals surface area contributed by atoms with Gasteiger partial charge >= 0.3 is 59.1 Å². The van der Waals surface area contributed by atoms with Gasteiger partial charge in [0.15, 0.2) is 0 Å². The SMILES string of the molecule is O=C([O-])CF.[C-]#N.[Na+].[Na+]. The molecule has 0 fully saturated rings. The molecule has 0 unspecified atom stereocenters. The zero-order valence-corrected chi connectivity index (χ0v) is 9.35. The maximum atomic E-state index is 10.5. The molecule has 0 amide bonds. The van der Waals surface area contributed by atoms with Crippen LogP contribution in [0, 0.1) is 11.8 Å². The minimum absolute atomic E-state index is 0. The molecule has 0 bridgehead atoms. The third-order valence-electron chi connectivity index (χ3n) is 0.109. The van der Waals surface area contributed by atoms with Crippen molar-refractivity contribution in [2.75, 3.05) is 6.67 Å². The van der Waals surface area contributed by atoms with Crippen LogP contribution in [0.3, 0.4) is 0 Å².